The molecule has 0 aromatic heterocycles. The summed E-state index contributed by atoms with van der Waals surface area (Å²) in [6.07, 6.45) is 0. The Morgan fingerprint density at radius 3 is 2.77 bits per heavy atom. The van der Waals surface area contributed by atoms with Crippen LogP contribution >= 0.6 is 0 Å². The molecule has 2 aromatic carbocycles. The number of piperazine rings is 1. The molecule has 5 rings (SSSR count). The van der Waals surface area contributed by atoms with E-state index in [0.29, 0.717) is 24.5 Å². The van der Waals surface area contributed by atoms with Crippen LogP contribution in [0.15, 0.2) is 58.7 Å². The molecule has 30 heavy (non-hydrogen) atoms. The van der Waals surface area contributed by atoms with Crippen LogP contribution in [0, 0.1) is 0 Å². The summed E-state index contributed by atoms with van der Waals surface area (Å²) < 4.78 is 0. The van der Waals surface area contributed by atoms with Crippen molar-refractivity contribution in [2.75, 3.05) is 38.1 Å². The molecule has 0 bridgehead atoms. The minimum Gasteiger partial charge on any atom is -0.385 e. The van der Waals surface area contributed by atoms with Crippen LogP contribution in [0.2, 0.25) is 0 Å². The molecule has 0 spiro atoms. The Bertz CT molecular complexity index is 1070. The number of benzene rings is 2. The zero-order chi connectivity index (χ0) is 20.5. The third-order valence-electron chi connectivity index (χ3n) is 5.52. The van der Waals surface area contributed by atoms with E-state index >= 15 is 0 Å². The number of fused-ring (bicyclic) bond motifs is 2. The number of carbonyl (C=O) groups excluding carboxylic acids is 2. The van der Waals surface area contributed by atoms with Crippen LogP contribution in [0.1, 0.15) is 17.0 Å². The van der Waals surface area contributed by atoms with Crippen molar-refractivity contribution in [2.24, 2.45) is 10.1 Å². The van der Waals surface area contributed by atoms with Crippen LogP contribution < -0.4 is 10.6 Å². The van der Waals surface area contributed by atoms with Gasteiger partial charge in [-0.05, 0) is 17.7 Å². The Morgan fingerprint density at radius 1 is 1.13 bits per heavy atom. The molecular formula is C22H21N5O3. The third kappa shape index (κ3) is 3.25. The Labute approximate surface area is 173 Å². The van der Waals surface area contributed by atoms with E-state index in [0.717, 1.165) is 35.6 Å². The Hall–Kier alpha value is -3.52. The maximum Gasteiger partial charge on any atom is 0.263 e. The summed E-state index contributed by atoms with van der Waals surface area (Å²) in [6.45, 7) is 2.73. The van der Waals surface area contributed by atoms with Crippen LogP contribution in [0.4, 0.5) is 11.4 Å². The lowest BCUT2D eigenvalue weighted by molar-refractivity contribution is -0.136. The number of para-hydroxylation sites is 2. The van der Waals surface area contributed by atoms with Crippen molar-refractivity contribution in [3.63, 3.8) is 0 Å². The first kappa shape index (κ1) is 18.5. The second-order valence-corrected chi connectivity index (χ2v) is 7.37. The van der Waals surface area contributed by atoms with E-state index in [1.165, 1.54) is 0 Å². The summed E-state index contributed by atoms with van der Waals surface area (Å²) in [4.78, 5) is 37.0. The molecular weight excluding hydrogens is 382 g/mol. The molecule has 8 nitrogen and oxygen atoms in total. The van der Waals surface area contributed by atoms with E-state index in [1.54, 1.807) is 4.90 Å². The van der Waals surface area contributed by atoms with E-state index in [2.05, 4.69) is 15.8 Å². The minimum atomic E-state index is -0.570. The molecule has 3 aliphatic heterocycles. The van der Waals surface area contributed by atoms with Crippen molar-refractivity contribution in [2.45, 2.75) is 5.92 Å². The summed E-state index contributed by atoms with van der Waals surface area (Å²) in [5.74, 6) is -0.818. The van der Waals surface area contributed by atoms with Crippen LogP contribution in [-0.2, 0) is 14.4 Å². The van der Waals surface area contributed by atoms with Crippen molar-refractivity contribution >= 4 is 34.6 Å². The van der Waals surface area contributed by atoms with Gasteiger partial charge in [0.05, 0.1) is 11.4 Å². The second-order valence-electron chi connectivity index (χ2n) is 7.37. The van der Waals surface area contributed by atoms with Crippen LogP contribution in [0.5, 0.6) is 0 Å². The molecule has 2 amide bonds. The zero-order valence-corrected chi connectivity index (χ0v) is 16.3. The third-order valence-corrected chi connectivity index (χ3v) is 5.52. The molecule has 2 aromatic rings. The van der Waals surface area contributed by atoms with E-state index in [1.807, 2.05) is 48.5 Å². The average molecular weight is 403 g/mol. The summed E-state index contributed by atoms with van der Waals surface area (Å²) in [6, 6.07) is 15.1. The van der Waals surface area contributed by atoms with Gasteiger partial charge in [0, 0.05) is 37.4 Å². The number of oxime groups is 1. The molecule has 1 atom stereocenters. The van der Waals surface area contributed by atoms with E-state index in [9.17, 15) is 9.59 Å². The van der Waals surface area contributed by atoms with Crippen molar-refractivity contribution in [3.05, 3.63) is 59.7 Å². The fourth-order valence-electron chi connectivity index (χ4n) is 4.03. The molecule has 1 unspecified atom stereocenters. The minimum absolute atomic E-state index is 0.102. The average Bonchev–Trinajstić information content (AvgIpc) is 3.30. The van der Waals surface area contributed by atoms with Gasteiger partial charge in [-0.2, -0.15) is 0 Å². The predicted octanol–water partition coefficient (Wildman–Crippen LogP) is 1.66. The summed E-state index contributed by atoms with van der Waals surface area (Å²) in [5, 5.41) is 10.4. The van der Waals surface area contributed by atoms with E-state index in [4.69, 9.17) is 9.83 Å². The van der Waals surface area contributed by atoms with Gasteiger partial charge in [0.15, 0.2) is 6.61 Å². The fourth-order valence-corrected chi connectivity index (χ4v) is 4.03. The molecule has 0 aliphatic carbocycles. The van der Waals surface area contributed by atoms with Gasteiger partial charge in [0.1, 0.15) is 11.6 Å². The van der Waals surface area contributed by atoms with Gasteiger partial charge >= 0.3 is 0 Å². The number of rotatable bonds is 4. The van der Waals surface area contributed by atoms with Gasteiger partial charge < -0.3 is 20.4 Å². The number of hydrogen-bond acceptors (Lipinski definition) is 6. The quantitative estimate of drug-likeness (QED) is 0.759. The number of anilines is 1. The number of aliphatic imine (C=N–C) groups is 1. The highest BCUT2D eigenvalue weighted by Gasteiger charge is 2.40. The monoisotopic (exact) mass is 403 g/mol. The fraction of sp³-hybridized carbons (Fsp3) is 0.273. The van der Waals surface area contributed by atoms with Gasteiger partial charge in [-0.25, -0.2) is 4.99 Å². The van der Waals surface area contributed by atoms with Crippen molar-refractivity contribution in [1.29, 1.82) is 0 Å². The van der Waals surface area contributed by atoms with Crippen LogP contribution in [0.3, 0.4) is 0 Å². The Balaban J connectivity index is 1.42. The SMILES string of the molecule is O=C1Nc2ccccc2C1C1=Nc2ccccc2C1=NOCC(=O)N1CCNCC1. The van der Waals surface area contributed by atoms with Gasteiger partial charge in [0.2, 0.25) is 5.91 Å². The maximum atomic E-state index is 12.7. The molecule has 0 radical (unpaired) electrons. The van der Waals surface area contributed by atoms with Gasteiger partial charge in [-0.15, -0.1) is 0 Å². The summed E-state index contributed by atoms with van der Waals surface area (Å²) in [5.41, 5.74) is 4.20. The van der Waals surface area contributed by atoms with Gasteiger partial charge in [-0.3, -0.25) is 9.59 Å². The number of carbonyl (C=O) groups is 2. The molecule has 0 saturated carbocycles. The molecule has 8 heteroatoms. The molecule has 3 aliphatic rings. The molecule has 152 valence electrons. The standard InChI is InChI=1S/C22H21N5O3/c28-18(27-11-9-23-10-12-27)13-30-26-20-15-6-2-4-8-17(15)24-21(20)19-14-5-1-3-7-16(14)25-22(19)29/h1-8,19,23H,9-13H2,(H,25,29). The molecule has 2 N–H and O–H groups in total. The van der Waals surface area contributed by atoms with Crippen molar-refractivity contribution in [1.82, 2.24) is 10.2 Å². The molecule has 1 saturated heterocycles. The van der Waals surface area contributed by atoms with Gasteiger partial charge in [-0.1, -0.05) is 41.6 Å². The normalized spacial score (nSPS) is 21.1. The topological polar surface area (TPSA) is 95.4 Å². The Kier molecular flexibility index (Phi) is 4.76. The lowest BCUT2D eigenvalue weighted by Crippen LogP contribution is -2.47. The first-order valence-electron chi connectivity index (χ1n) is 9.99. The lowest BCUT2D eigenvalue weighted by Gasteiger charge is -2.26. The number of nitrogens with one attached hydrogen (secondary N) is 2. The smallest absolute Gasteiger partial charge is 0.263 e. The highest BCUT2D eigenvalue weighted by Crippen LogP contribution is 2.38. The molecule has 1 fully saturated rings. The van der Waals surface area contributed by atoms with Crippen molar-refractivity contribution < 1.29 is 14.4 Å². The first-order chi connectivity index (χ1) is 14.7. The highest BCUT2D eigenvalue weighted by molar-refractivity contribution is 6.56. The number of amides is 2. The predicted molar refractivity (Wildman–Crippen MR) is 113 cm³/mol. The lowest BCUT2D eigenvalue weighted by atomic mass is 9.91. The Morgan fingerprint density at radius 2 is 1.90 bits per heavy atom. The maximum absolute atomic E-state index is 12.7. The van der Waals surface area contributed by atoms with Crippen molar-refractivity contribution in [3.8, 4) is 0 Å². The van der Waals surface area contributed by atoms with Crippen LogP contribution in [-0.4, -0.2) is 60.9 Å². The zero-order valence-electron chi connectivity index (χ0n) is 16.3. The van der Waals surface area contributed by atoms with E-state index in [-0.39, 0.29) is 18.4 Å². The van der Waals surface area contributed by atoms with E-state index < -0.39 is 5.92 Å². The number of nitrogens with zero attached hydrogens (tertiary/aromatic N) is 3. The summed E-state index contributed by atoms with van der Waals surface area (Å²) >= 11 is 0. The second kappa shape index (κ2) is 7.72. The summed E-state index contributed by atoms with van der Waals surface area (Å²) in [7, 11) is 0. The number of hydrogen-bond donors (Lipinski definition) is 2. The highest BCUT2D eigenvalue weighted by atomic mass is 16.6. The van der Waals surface area contributed by atoms with Gasteiger partial charge in [0.25, 0.3) is 5.91 Å². The largest absolute Gasteiger partial charge is 0.385 e. The van der Waals surface area contributed by atoms with Crippen LogP contribution in [0.25, 0.3) is 0 Å². The first-order valence-corrected chi connectivity index (χ1v) is 9.99. The molecule has 3 heterocycles.